The second-order valence-corrected chi connectivity index (χ2v) is 8.24. The molecule has 0 aliphatic carbocycles. The second kappa shape index (κ2) is 15.2. The van der Waals surface area contributed by atoms with Crippen molar-refractivity contribution in [3.05, 3.63) is 106 Å². The molecule has 0 atom stereocenters. The molecule has 0 heterocycles. The molecule has 4 nitrogen and oxygen atoms in total. The normalized spacial score (nSPS) is 10.0. The Bertz CT molecular complexity index is 997. The molecule has 188 valence electrons. The summed E-state index contributed by atoms with van der Waals surface area (Å²) in [7, 11) is 0. The van der Waals surface area contributed by atoms with Crippen LogP contribution in [0.15, 0.2) is 66.7 Å². The minimum absolute atomic E-state index is 0. The van der Waals surface area contributed by atoms with Gasteiger partial charge in [-0.2, -0.15) is 0 Å². The highest BCUT2D eigenvalue weighted by Gasteiger charge is 2.05. The first-order valence-corrected chi connectivity index (χ1v) is 11.7. The zero-order valence-corrected chi connectivity index (χ0v) is 22.4. The number of ether oxygens (including phenoxy) is 2. The molecule has 3 rings (SSSR count). The van der Waals surface area contributed by atoms with Gasteiger partial charge in [-0.3, -0.25) is 10.8 Å². The molecule has 0 spiro atoms. The fraction of sp³-hybridized carbons (Fsp3) is 0.310. The Morgan fingerprint density at radius 1 is 0.571 bits per heavy atom. The van der Waals surface area contributed by atoms with E-state index in [9.17, 15) is 0 Å². The molecular formula is C29H36Cl2N2O2. The smallest absolute Gasteiger partial charge is 0.213 e. The highest BCUT2D eigenvalue weighted by Crippen LogP contribution is 2.16. The standard InChI is InChI=1S/C29H34N2O2.2ClH/c1-4-32-28(30)26-14-10-22(11-15-26)6-8-24-18-21(3)19-25(20-24)9-7-23-12-16-27(17-13-23)29(31)33-5-2;;/h10-20,30-31H,4-9H2,1-3H3;2*1H. The van der Waals surface area contributed by atoms with Gasteiger partial charge in [0.05, 0.1) is 13.2 Å². The van der Waals surface area contributed by atoms with Crippen LogP contribution in [0.5, 0.6) is 0 Å². The Kier molecular flexibility index (Phi) is 13.1. The molecule has 35 heavy (non-hydrogen) atoms. The van der Waals surface area contributed by atoms with Crippen LogP contribution in [0.25, 0.3) is 0 Å². The van der Waals surface area contributed by atoms with Gasteiger partial charge in [0.15, 0.2) is 0 Å². The van der Waals surface area contributed by atoms with Gasteiger partial charge in [0, 0.05) is 11.1 Å². The number of aryl methyl sites for hydroxylation is 5. The SMILES string of the molecule is CCOC(=N)c1ccc(CCc2cc(C)cc(CCc3ccc(C(=N)OCC)cc3)c2)cc1.Cl.Cl. The number of hydrogen-bond acceptors (Lipinski definition) is 4. The molecule has 0 radical (unpaired) electrons. The maximum Gasteiger partial charge on any atom is 0.213 e. The van der Waals surface area contributed by atoms with Gasteiger partial charge in [0.25, 0.3) is 0 Å². The van der Waals surface area contributed by atoms with Crippen molar-refractivity contribution < 1.29 is 9.47 Å². The molecule has 0 saturated heterocycles. The predicted octanol–water partition coefficient (Wildman–Crippen LogP) is 7.13. The summed E-state index contributed by atoms with van der Waals surface area (Å²) in [5.41, 5.74) is 8.19. The third-order valence-electron chi connectivity index (χ3n) is 5.61. The van der Waals surface area contributed by atoms with Crippen LogP contribution in [0.2, 0.25) is 0 Å². The van der Waals surface area contributed by atoms with E-state index in [0.29, 0.717) is 13.2 Å². The van der Waals surface area contributed by atoms with Crippen molar-refractivity contribution >= 4 is 36.6 Å². The monoisotopic (exact) mass is 514 g/mol. The largest absolute Gasteiger partial charge is 0.478 e. The molecule has 2 N–H and O–H groups in total. The van der Waals surface area contributed by atoms with Gasteiger partial charge in [-0.05, 0) is 93.0 Å². The average Bonchev–Trinajstić information content (AvgIpc) is 2.82. The minimum atomic E-state index is 0. The van der Waals surface area contributed by atoms with Crippen molar-refractivity contribution in [2.45, 2.75) is 46.5 Å². The Hall–Kier alpha value is -2.82. The van der Waals surface area contributed by atoms with Gasteiger partial charge in [-0.1, -0.05) is 48.0 Å². The van der Waals surface area contributed by atoms with E-state index in [4.69, 9.17) is 20.3 Å². The summed E-state index contributed by atoms with van der Waals surface area (Å²) in [6, 6.07) is 23.1. The molecule has 3 aromatic carbocycles. The maximum atomic E-state index is 7.89. The first-order valence-electron chi connectivity index (χ1n) is 11.7. The molecule has 0 aliphatic rings. The third-order valence-corrected chi connectivity index (χ3v) is 5.61. The molecule has 0 aromatic heterocycles. The zero-order valence-electron chi connectivity index (χ0n) is 20.7. The Balaban J connectivity index is 0.00000306. The molecular weight excluding hydrogens is 479 g/mol. The lowest BCUT2D eigenvalue weighted by atomic mass is 9.96. The highest BCUT2D eigenvalue weighted by atomic mass is 35.5. The first kappa shape index (κ1) is 30.2. The summed E-state index contributed by atoms with van der Waals surface area (Å²) in [5, 5.41) is 15.8. The van der Waals surface area contributed by atoms with Crippen molar-refractivity contribution in [1.29, 1.82) is 10.8 Å². The van der Waals surface area contributed by atoms with Crippen LogP contribution in [0, 0.1) is 17.7 Å². The van der Waals surface area contributed by atoms with Crippen molar-refractivity contribution in [1.82, 2.24) is 0 Å². The van der Waals surface area contributed by atoms with Crippen LogP contribution >= 0.6 is 24.8 Å². The summed E-state index contributed by atoms with van der Waals surface area (Å²) in [4.78, 5) is 0. The van der Waals surface area contributed by atoms with Gasteiger partial charge in [0.2, 0.25) is 11.8 Å². The number of halogens is 2. The fourth-order valence-electron chi connectivity index (χ4n) is 3.91. The molecule has 0 unspecified atom stereocenters. The van der Waals surface area contributed by atoms with E-state index in [-0.39, 0.29) is 36.6 Å². The fourth-order valence-corrected chi connectivity index (χ4v) is 3.91. The van der Waals surface area contributed by atoms with Crippen molar-refractivity contribution in [2.75, 3.05) is 13.2 Å². The van der Waals surface area contributed by atoms with E-state index >= 15 is 0 Å². The van der Waals surface area contributed by atoms with E-state index < -0.39 is 0 Å². The quantitative estimate of drug-likeness (QED) is 0.223. The topological polar surface area (TPSA) is 66.2 Å². The minimum Gasteiger partial charge on any atom is -0.478 e. The Labute approximate surface area is 221 Å². The molecule has 6 heteroatoms. The lowest BCUT2D eigenvalue weighted by Crippen LogP contribution is -2.04. The number of rotatable bonds is 10. The maximum absolute atomic E-state index is 7.89. The zero-order chi connectivity index (χ0) is 23.6. The molecule has 0 saturated carbocycles. The van der Waals surface area contributed by atoms with Crippen LogP contribution in [0.3, 0.4) is 0 Å². The van der Waals surface area contributed by atoms with E-state index in [1.165, 1.54) is 27.8 Å². The van der Waals surface area contributed by atoms with Crippen LogP contribution in [-0.2, 0) is 35.2 Å². The molecule has 3 aromatic rings. The summed E-state index contributed by atoms with van der Waals surface area (Å²) in [6.07, 6.45) is 3.92. The van der Waals surface area contributed by atoms with Crippen molar-refractivity contribution in [2.24, 2.45) is 0 Å². The molecule has 0 bridgehead atoms. The number of hydrogen-bond donors (Lipinski definition) is 2. The first-order chi connectivity index (χ1) is 16.0. The van der Waals surface area contributed by atoms with Gasteiger partial charge >= 0.3 is 0 Å². The highest BCUT2D eigenvalue weighted by molar-refractivity contribution is 5.92. The van der Waals surface area contributed by atoms with Crippen molar-refractivity contribution in [3.8, 4) is 0 Å². The van der Waals surface area contributed by atoms with Gasteiger partial charge < -0.3 is 9.47 Å². The van der Waals surface area contributed by atoms with Crippen molar-refractivity contribution in [3.63, 3.8) is 0 Å². The summed E-state index contributed by atoms with van der Waals surface area (Å²) in [5.74, 6) is 0.462. The van der Waals surface area contributed by atoms with Gasteiger partial charge in [-0.15, -0.1) is 24.8 Å². The molecule has 0 fully saturated rings. The predicted molar refractivity (Wildman–Crippen MR) is 150 cm³/mol. The number of benzene rings is 3. The summed E-state index contributed by atoms with van der Waals surface area (Å²) < 4.78 is 10.5. The van der Waals surface area contributed by atoms with Crippen LogP contribution in [-0.4, -0.2) is 25.0 Å². The Morgan fingerprint density at radius 3 is 1.26 bits per heavy atom. The summed E-state index contributed by atoms with van der Waals surface area (Å²) >= 11 is 0. The Morgan fingerprint density at radius 2 is 0.914 bits per heavy atom. The number of nitrogens with one attached hydrogen (secondary N) is 2. The third kappa shape index (κ3) is 9.39. The van der Waals surface area contributed by atoms with Crippen LogP contribution < -0.4 is 0 Å². The molecule has 0 amide bonds. The summed E-state index contributed by atoms with van der Waals surface area (Å²) in [6.45, 7) is 6.98. The van der Waals surface area contributed by atoms with Crippen LogP contribution in [0.4, 0.5) is 0 Å². The lowest BCUT2D eigenvalue weighted by molar-refractivity contribution is 0.325. The van der Waals surface area contributed by atoms with E-state index in [2.05, 4.69) is 49.4 Å². The van der Waals surface area contributed by atoms with Gasteiger partial charge in [0.1, 0.15) is 0 Å². The molecule has 0 aliphatic heterocycles. The van der Waals surface area contributed by atoms with E-state index in [1.54, 1.807) is 0 Å². The van der Waals surface area contributed by atoms with E-state index in [1.807, 2.05) is 38.1 Å². The average molecular weight is 516 g/mol. The van der Waals surface area contributed by atoms with E-state index in [0.717, 1.165) is 36.8 Å². The van der Waals surface area contributed by atoms with Crippen LogP contribution in [0.1, 0.15) is 52.8 Å². The van der Waals surface area contributed by atoms with Gasteiger partial charge in [-0.25, -0.2) is 0 Å². The second-order valence-electron chi connectivity index (χ2n) is 8.24. The lowest BCUT2D eigenvalue weighted by Gasteiger charge is -2.10.